The van der Waals surface area contributed by atoms with Gasteiger partial charge in [0.25, 0.3) is 0 Å². The van der Waals surface area contributed by atoms with Crippen molar-refractivity contribution in [1.82, 2.24) is 0 Å². The Hall–Kier alpha value is -1.74. The van der Waals surface area contributed by atoms with Crippen molar-refractivity contribution < 1.29 is 0 Å². The maximum atomic E-state index is 4.68. The molecule has 3 rings (SSSR count). The Kier molecular flexibility index (Phi) is 3.30. The Bertz CT molecular complexity index is 617. The number of aryl methyl sites for hydroxylation is 1. The molecule has 2 aromatic carbocycles. The third kappa shape index (κ3) is 2.26. The number of anilines is 2. The molecule has 0 spiro atoms. The van der Waals surface area contributed by atoms with Crippen LogP contribution in [0, 0.1) is 6.92 Å². The van der Waals surface area contributed by atoms with Gasteiger partial charge in [-0.3, -0.25) is 4.99 Å². The zero-order valence-corrected chi connectivity index (χ0v) is 11.9. The van der Waals surface area contributed by atoms with Gasteiger partial charge in [-0.2, -0.15) is 0 Å². The average molecular weight is 268 g/mol. The molecule has 96 valence electrons. The lowest BCUT2D eigenvalue weighted by atomic mass is 10.1. The minimum Gasteiger partial charge on any atom is -0.321 e. The van der Waals surface area contributed by atoms with Crippen LogP contribution >= 0.6 is 11.8 Å². The molecule has 0 atom stereocenters. The van der Waals surface area contributed by atoms with E-state index in [4.69, 9.17) is 0 Å². The zero-order chi connectivity index (χ0) is 13.2. The summed E-state index contributed by atoms with van der Waals surface area (Å²) >= 11 is 1.71. The number of hydrogen-bond donors (Lipinski definition) is 0. The predicted octanol–water partition coefficient (Wildman–Crippen LogP) is 4.21. The quantitative estimate of drug-likeness (QED) is 0.769. The molecule has 1 heterocycles. The van der Waals surface area contributed by atoms with Crippen molar-refractivity contribution in [3.8, 4) is 0 Å². The molecule has 0 aromatic heterocycles. The van der Waals surface area contributed by atoms with Gasteiger partial charge in [0, 0.05) is 11.3 Å². The van der Waals surface area contributed by atoms with Gasteiger partial charge in [-0.1, -0.05) is 35.9 Å². The number of fused-ring (bicyclic) bond motifs is 1. The maximum Gasteiger partial charge on any atom is 0.116 e. The average Bonchev–Trinajstić information content (AvgIpc) is 2.47. The Morgan fingerprint density at radius 1 is 1.05 bits per heavy atom. The molecule has 0 fully saturated rings. The fourth-order valence-electron chi connectivity index (χ4n) is 2.31. The summed E-state index contributed by atoms with van der Waals surface area (Å²) in [6.45, 7) is 2.80. The second-order valence-corrected chi connectivity index (χ2v) is 5.38. The van der Waals surface area contributed by atoms with Crippen LogP contribution in [-0.2, 0) is 0 Å². The first kappa shape index (κ1) is 12.3. The predicted molar refractivity (Wildman–Crippen MR) is 84.7 cm³/mol. The Labute approximate surface area is 118 Å². The standard InChI is InChI=1S/C16H16N2S/c1-12-7-9-13(10-8-12)18-11-17-16(19-2)14-5-3-4-6-15(14)18/h3-10H,11H2,1-2H3. The molecule has 0 saturated carbocycles. The van der Waals surface area contributed by atoms with Crippen molar-refractivity contribution in [2.75, 3.05) is 17.8 Å². The van der Waals surface area contributed by atoms with Gasteiger partial charge in [-0.05, 0) is 31.4 Å². The van der Waals surface area contributed by atoms with Crippen LogP contribution in [0.15, 0.2) is 53.5 Å². The molecule has 0 saturated heterocycles. The highest BCUT2D eigenvalue weighted by molar-refractivity contribution is 8.13. The fourth-order valence-corrected chi connectivity index (χ4v) is 2.89. The van der Waals surface area contributed by atoms with Gasteiger partial charge in [-0.25, -0.2) is 0 Å². The molecular formula is C16H16N2S. The normalized spacial score (nSPS) is 14.0. The summed E-state index contributed by atoms with van der Waals surface area (Å²) in [5.41, 5.74) is 4.94. The van der Waals surface area contributed by atoms with Crippen LogP contribution in [0.5, 0.6) is 0 Å². The van der Waals surface area contributed by atoms with Crippen molar-refractivity contribution in [1.29, 1.82) is 0 Å². The molecular weight excluding hydrogens is 252 g/mol. The highest BCUT2D eigenvalue weighted by atomic mass is 32.2. The number of thioether (sulfide) groups is 1. The van der Waals surface area contributed by atoms with E-state index in [2.05, 4.69) is 71.6 Å². The molecule has 3 heteroatoms. The van der Waals surface area contributed by atoms with E-state index < -0.39 is 0 Å². The number of aliphatic imine (C=N–C) groups is 1. The van der Waals surface area contributed by atoms with Crippen LogP contribution in [0.3, 0.4) is 0 Å². The maximum absolute atomic E-state index is 4.68. The van der Waals surface area contributed by atoms with Crippen LogP contribution < -0.4 is 4.90 Å². The van der Waals surface area contributed by atoms with Crippen molar-refractivity contribution in [3.05, 3.63) is 59.7 Å². The number of rotatable bonds is 1. The van der Waals surface area contributed by atoms with E-state index in [0.29, 0.717) is 6.67 Å². The smallest absolute Gasteiger partial charge is 0.116 e. The third-order valence-electron chi connectivity index (χ3n) is 3.32. The summed E-state index contributed by atoms with van der Waals surface area (Å²) in [5, 5.41) is 1.12. The first-order valence-electron chi connectivity index (χ1n) is 6.31. The summed E-state index contributed by atoms with van der Waals surface area (Å²) in [4.78, 5) is 6.93. The molecule has 0 amide bonds. The lowest BCUT2D eigenvalue weighted by Crippen LogP contribution is -2.24. The highest BCUT2D eigenvalue weighted by Crippen LogP contribution is 2.33. The van der Waals surface area contributed by atoms with E-state index in [9.17, 15) is 0 Å². The summed E-state index contributed by atoms with van der Waals surface area (Å²) in [6.07, 6.45) is 2.08. The largest absolute Gasteiger partial charge is 0.321 e. The summed E-state index contributed by atoms with van der Waals surface area (Å²) < 4.78 is 0. The van der Waals surface area contributed by atoms with Gasteiger partial charge >= 0.3 is 0 Å². The van der Waals surface area contributed by atoms with Crippen LogP contribution in [-0.4, -0.2) is 18.0 Å². The van der Waals surface area contributed by atoms with Gasteiger partial charge < -0.3 is 4.90 Å². The third-order valence-corrected chi connectivity index (χ3v) is 4.06. The number of nitrogens with zero attached hydrogens (tertiary/aromatic N) is 2. The number of para-hydroxylation sites is 1. The highest BCUT2D eigenvalue weighted by Gasteiger charge is 2.19. The first-order chi connectivity index (χ1) is 9.29. The monoisotopic (exact) mass is 268 g/mol. The van der Waals surface area contributed by atoms with E-state index in [1.165, 1.54) is 22.5 Å². The zero-order valence-electron chi connectivity index (χ0n) is 11.1. The number of hydrogen-bond acceptors (Lipinski definition) is 3. The molecule has 2 aromatic rings. The molecule has 0 aliphatic carbocycles. The Balaban J connectivity index is 2.06. The lowest BCUT2D eigenvalue weighted by Gasteiger charge is -2.29. The lowest BCUT2D eigenvalue weighted by molar-refractivity contribution is 0.969. The minimum absolute atomic E-state index is 0.691. The van der Waals surface area contributed by atoms with Crippen molar-refractivity contribution >= 4 is 28.2 Å². The minimum atomic E-state index is 0.691. The molecule has 0 N–H and O–H groups in total. The SMILES string of the molecule is CSC1=NCN(c2ccc(C)cc2)c2ccccc21. The molecule has 1 aliphatic rings. The Morgan fingerprint density at radius 2 is 1.79 bits per heavy atom. The van der Waals surface area contributed by atoms with Crippen molar-refractivity contribution in [2.45, 2.75) is 6.92 Å². The molecule has 0 bridgehead atoms. The molecule has 0 radical (unpaired) electrons. The molecule has 1 aliphatic heterocycles. The van der Waals surface area contributed by atoms with Gasteiger partial charge in [-0.15, -0.1) is 11.8 Å². The van der Waals surface area contributed by atoms with E-state index in [-0.39, 0.29) is 0 Å². The van der Waals surface area contributed by atoms with Crippen molar-refractivity contribution in [3.63, 3.8) is 0 Å². The van der Waals surface area contributed by atoms with E-state index >= 15 is 0 Å². The second kappa shape index (κ2) is 5.10. The van der Waals surface area contributed by atoms with Gasteiger partial charge in [0.1, 0.15) is 11.7 Å². The molecule has 2 nitrogen and oxygen atoms in total. The topological polar surface area (TPSA) is 15.6 Å². The second-order valence-electron chi connectivity index (χ2n) is 4.59. The van der Waals surface area contributed by atoms with Gasteiger partial charge in [0.05, 0.1) is 5.69 Å². The van der Waals surface area contributed by atoms with Crippen molar-refractivity contribution in [2.24, 2.45) is 4.99 Å². The van der Waals surface area contributed by atoms with E-state index in [0.717, 1.165) is 5.04 Å². The summed E-state index contributed by atoms with van der Waals surface area (Å²) in [5.74, 6) is 0. The van der Waals surface area contributed by atoms with Gasteiger partial charge in [0.15, 0.2) is 0 Å². The van der Waals surface area contributed by atoms with Gasteiger partial charge in [0.2, 0.25) is 0 Å². The molecule has 0 unspecified atom stereocenters. The van der Waals surface area contributed by atoms with Crippen LogP contribution in [0.1, 0.15) is 11.1 Å². The van der Waals surface area contributed by atoms with Crippen LogP contribution in [0.2, 0.25) is 0 Å². The van der Waals surface area contributed by atoms with E-state index in [1.54, 1.807) is 11.8 Å². The van der Waals surface area contributed by atoms with Crippen LogP contribution in [0.4, 0.5) is 11.4 Å². The summed E-state index contributed by atoms with van der Waals surface area (Å²) in [6, 6.07) is 17.1. The fraction of sp³-hybridized carbons (Fsp3) is 0.188. The molecule has 19 heavy (non-hydrogen) atoms. The Morgan fingerprint density at radius 3 is 2.53 bits per heavy atom. The number of benzene rings is 2. The first-order valence-corrected chi connectivity index (χ1v) is 7.54. The van der Waals surface area contributed by atoms with Crippen LogP contribution in [0.25, 0.3) is 0 Å². The summed E-state index contributed by atoms with van der Waals surface area (Å²) in [7, 11) is 0. The van der Waals surface area contributed by atoms with E-state index in [1.807, 2.05) is 0 Å².